The van der Waals surface area contributed by atoms with E-state index in [9.17, 15) is 9.59 Å². The summed E-state index contributed by atoms with van der Waals surface area (Å²) in [6, 6.07) is 9.88. The fourth-order valence-corrected chi connectivity index (χ4v) is 3.35. The number of halogens is 2. The number of hydrogen-bond donors (Lipinski definition) is 2. The van der Waals surface area contributed by atoms with Crippen LogP contribution < -0.4 is 5.32 Å². The number of thioether (sulfide) groups is 1. The number of hydrogen-bond acceptors (Lipinski definition) is 3. The first kappa shape index (κ1) is 18.6. The summed E-state index contributed by atoms with van der Waals surface area (Å²) in [5.74, 6) is -0.416. The molecule has 24 heavy (non-hydrogen) atoms. The van der Waals surface area contributed by atoms with Crippen LogP contribution in [0.1, 0.15) is 21.5 Å². The zero-order valence-corrected chi connectivity index (χ0v) is 15.1. The summed E-state index contributed by atoms with van der Waals surface area (Å²) >= 11 is 13.3. The van der Waals surface area contributed by atoms with Crippen molar-refractivity contribution in [1.29, 1.82) is 0 Å². The van der Waals surface area contributed by atoms with E-state index in [-0.39, 0.29) is 17.2 Å². The summed E-state index contributed by atoms with van der Waals surface area (Å²) in [5, 5.41) is 12.9. The first-order valence-corrected chi connectivity index (χ1v) is 8.93. The highest BCUT2D eigenvalue weighted by Crippen LogP contribution is 2.25. The molecule has 0 atom stereocenters. The van der Waals surface area contributed by atoms with Crippen LogP contribution >= 0.6 is 35.0 Å². The van der Waals surface area contributed by atoms with Crippen LogP contribution in [0, 0.1) is 6.92 Å². The summed E-state index contributed by atoms with van der Waals surface area (Å²) in [5.41, 5.74) is 2.35. The Bertz CT molecular complexity index is 780. The van der Waals surface area contributed by atoms with Crippen molar-refractivity contribution in [3.63, 3.8) is 0 Å². The van der Waals surface area contributed by atoms with Crippen molar-refractivity contribution in [3.8, 4) is 0 Å². The highest BCUT2D eigenvalue weighted by molar-refractivity contribution is 7.99. The van der Waals surface area contributed by atoms with Crippen LogP contribution in [0.3, 0.4) is 0 Å². The second-order valence-electron chi connectivity index (χ2n) is 5.11. The first-order chi connectivity index (χ1) is 11.4. The van der Waals surface area contributed by atoms with Crippen molar-refractivity contribution in [1.82, 2.24) is 0 Å². The van der Waals surface area contributed by atoms with Crippen LogP contribution in [0.25, 0.3) is 0 Å². The second-order valence-corrected chi connectivity index (χ2v) is 6.94. The molecule has 2 N–H and O–H groups in total. The van der Waals surface area contributed by atoms with Gasteiger partial charge in [-0.2, -0.15) is 0 Å². The van der Waals surface area contributed by atoms with Crippen LogP contribution in [-0.2, 0) is 10.5 Å². The molecule has 0 unspecified atom stereocenters. The molecule has 2 rings (SSSR count). The third kappa shape index (κ3) is 5.16. The van der Waals surface area contributed by atoms with E-state index in [4.69, 9.17) is 28.3 Å². The van der Waals surface area contributed by atoms with Crippen molar-refractivity contribution in [3.05, 3.63) is 63.1 Å². The molecule has 1 amide bonds. The van der Waals surface area contributed by atoms with E-state index >= 15 is 0 Å². The molecule has 7 heteroatoms. The van der Waals surface area contributed by atoms with Crippen molar-refractivity contribution in [2.45, 2.75) is 12.7 Å². The standard InChI is InChI=1S/C17H15Cl2NO3S/c1-10-2-3-11(17(22)23)6-15(10)20-16(21)9-24-8-12-4-5-13(18)7-14(12)19/h2-7H,8-9H2,1H3,(H,20,21)(H,22,23). The molecule has 2 aromatic carbocycles. The number of aromatic carboxylic acids is 1. The molecule has 0 aliphatic rings. The van der Waals surface area contributed by atoms with E-state index in [1.54, 1.807) is 18.2 Å². The molecule has 0 saturated carbocycles. The lowest BCUT2D eigenvalue weighted by molar-refractivity contribution is -0.113. The van der Waals surface area contributed by atoms with Gasteiger partial charge in [0.15, 0.2) is 0 Å². The van der Waals surface area contributed by atoms with Gasteiger partial charge in [0, 0.05) is 21.5 Å². The van der Waals surface area contributed by atoms with E-state index in [2.05, 4.69) is 5.32 Å². The number of carbonyl (C=O) groups excluding carboxylic acids is 1. The largest absolute Gasteiger partial charge is 0.478 e. The predicted molar refractivity (Wildman–Crippen MR) is 99.4 cm³/mol. The Labute approximate surface area is 154 Å². The van der Waals surface area contributed by atoms with Crippen molar-refractivity contribution in [2.75, 3.05) is 11.1 Å². The second kappa shape index (κ2) is 8.42. The molecular weight excluding hydrogens is 369 g/mol. The van der Waals surface area contributed by atoms with Crippen LogP contribution in [-0.4, -0.2) is 22.7 Å². The summed E-state index contributed by atoms with van der Waals surface area (Å²) in [4.78, 5) is 23.0. The number of aryl methyl sites for hydroxylation is 1. The molecule has 0 bridgehead atoms. The average molecular weight is 384 g/mol. The average Bonchev–Trinajstić information content (AvgIpc) is 2.51. The van der Waals surface area contributed by atoms with Gasteiger partial charge in [-0.3, -0.25) is 4.79 Å². The molecule has 0 radical (unpaired) electrons. The van der Waals surface area contributed by atoms with Crippen molar-refractivity contribution >= 4 is 52.5 Å². The van der Waals surface area contributed by atoms with Gasteiger partial charge in [-0.05, 0) is 42.3 Å². The topological polar surface area (TPSA) is 66.4 Å². The minimum Gasteiger partial charge on any atom is -0.478 e. The number of rotatable bonds is 6. The van der Waals surface area contributed by atoms with Gasteiger partial charge >= 0.3 is 5.97 Å². The number of nitrogens with one attached hydrogen (secondary N) is 1. The van der Waals surface area contributed by atoms with Crippen LogP contribution in [0.4, 0.5) is 5.69 Å². The minimum atomic E-state index is -1.03. The smallest absolute Gasteiger partial charge is 0.335 e. The third-order valence-electron chi connectivity index (χ3n) is 3.26. The number of carbonyl (C=O) groups is 2. The maximum atomic E-state index is 12.0. The lowest BCUT2D eigenvalue weighted by Crippen LogP contribution is -2.15. The van der Waals surface area contributed by atoms with E-state index in [1.807, 2.05) is 13.0 Å². The Kier molecular flexibility index (Phi) is 6.54. The maximum Gasteiger partial charge on any atom is 0.335 e. The fourth-order valence-electron chi connectivity index (χ4n) is 1.97. The molecular formula is C17H15Cl2NO3S. The van der Waals surface area contributed by atoms with Gasteiger partial charge in [-0.15, -0.1) is 11.8 Å². The normalized spacial score (nSPS) is 10.5. The molecule has 0 aromatic heterocycles. The monoisotopic (exact) mass is 383 g/mol. The Balaban J connectivity index is 1.92. The van der Waals surface area contributed by atoms with Gasteiger partial charge in [0.1, 0.15) is 0 Å². The fraction of sp³-hybridized carbons (Fsp3) is 0.176. The van der Waals surface area contributed by atoms with E-state index < -0.39 is 5.97 Å². The van der Waals surface area contributed by atoms with Crippen LogP contribution in [0.5, 0.6) is 0 Å². The molecule has 0 fully saturated rings. The Morgan fingerprint density at radius 3 is 2.58 bits per heavy atom. The summed E-state index contributed by atoms with van der Waals surface area (Å²) in [7, 11) is 0. The molecule has 0 aliphatic heterocycles. The van der Waals surface area contributed by atoms with Gasteiger partial charge in [0.25, 0.3) is 0 Å². The molecule has 4 nitrogen and oxygen atoms in total. The van der Waals surface area contributed by atoms with E-state index in [1.165, 1.54) is 23.9 Å². The van der Waals surface area contributed by atoms with Gasteiger partial charge in [0.2, 0.25) is 5.91 Å². The number of carboxylic acids is 1. The number of amides is 1. The summed E-state index contributed by atoms with van der Waals surface area (Å²) < 4.78 is 0. The SMILES string of the molecule is Cc1ccc(C(=O)O)cc1NC(=O)CSCc1ccc(Cl)cc1Cl. The van der Waals surface area contributed by atoms with Crippen molar-refractivity contribution in [2.24, 2.45) is 0 Å². The van der Waals surface area contributed by atoms with Crippen LogP contribution in [0.2, 0.25) is 10.0 Å². The third-order valence-corrected chi connectivity index (χ3v) is 4.83. The molecule has 2 aromatic rings. The number of anilines is 1. The Morgan fingerprint density at radius 1 is 1.17 bits per heavy atom. The molecule has 126 valence electrons. The van der Waals surface area contributed by atoms with E-state index in [0.717, 1.165) is 11.1 Å². The quantitative estimate of drug-likeness (QED) is 0.746. The highest BCUT2D eigenvalue weighted by atomic mass is 35.5. The number of carboxylic acid groups (broad SMARTS) is 1. The lowest BCUT2D eigenvalue weighted by atomic mass is 10.1. The van der Waals surface area contributed by atoms with Gasteiger partial charge in [-0.25, -0.2) is 4.79 Å². The minimum absolute atomic E-state index is 0.136. The van der Waals surface area contributed by atoms with Gasteiger partial charge < -0.3 is 10.4 Å². The first-order valence-electron chi connectivity index (χ1n) is 7.02. The molecule has 0 spiro atoms. The molecule has 0 saturated heterocycles. The van der Waals surface area contributed by atoms with E-state index in [0.29, 0.717) is 21.5 Å². The number of benzene rings is 2. The maximum absolute atomic E-state index is 12.0. The molecule has 0 heterocycles. The Hall–Kier alpha value is -1.69. The summed E-state index contributed by atoms with van der Waals surface area (Å²) in [6.45, 7) is 1.81. The van der Waals surface area contributed by atoms with Gasteiger partial charge in [-0.1, -0.05) is 35.3 Å². The van der Waals surface area contributed by atoms with Crippen molar-refractivity contribution < 1.29 is 14.7 Å². The summed E-state index contributed by atoms with van der Waals surface area (Å²) in [6.07, 6.45) is 0. The van der Waals surface area contributed by atoms with Crippen LogP contribution in [0.15, 0.2) is 36.4 Å². The molecule has 0 aliphatic carbocycles. The zero-order chi connectivity index (χ0) is 17.7. The Morgan fingerprint density at radius 2 is 1.92 bits per heavy atom. The predicted octanol–water partition coefficient (Wildman–Crippen LogP) is 4.87. The lowest BCUT2D eigenvalue weighted by Gasteiger charge is -2.10. The van der Waals surface area contributed by atoms with Gasteiger partial charge in [0.05, 0.1) is 11.3 Å². The highest BCUT2D eigenvalue weighted by Gasteiger charge is 2.10. The zero-order valence-electron chi connectivity index (χ0n) is 12.8.